The van der Waals surface area contributed by atoms with Gasteiger partial charge in [-0.15, -0.1) is 0 Å². The van der Waals surface area contributed by atoms with Crippen molar-refractivity contribution in [3.63, 3.8) is 0 Å². The first-order valence-electron chi connectivity index (χ1n) is 6.54. The van der Waals surface area contributed by atoms with Crippen molar-refractivity contribution in [3.05, 3.63) is 40.4 Å². The average molecular weight is 257 g/mol. The predicted octanol–water partition coefficient (Wildman–Crippen LogP) is 1.60. The molecule has 19 heavy (non-hydrogen) atoms. The van der Waals surface area contributed by atoms with Crippen LogP contribution in [0.1, 0.15) is 36.3 Å². The number of H-pyrrole nitrogens is 1. The van der Waals surface area contributed by atoms with Gasteiger partial charge in [0.25, 0.3) is 11.5 Å². The highest BCUT2D eigenvalue weighted by atomic mass is 16.2. The zero-order valence-electron chi connectivity index (χ0n) is 10.5. The van der Waals surface area contributed by atoms with Gasteiger partial charge in [-0.25, -0.2) is 4.98 Å². The van der Waals surface area contributed by atoms with Gasteiger partial charge in [-0.2, -0.15) is 0 Å². The van der Waals surface area contributed by atoms with E-state index in [4.69, 9.17) is 0 Å². The third-order valence-corrected chi connectivity index (χ3v) is 3.52. The second-order valence-corrected chi connectivity index (χ2v) is 4.89. The predicted molar refractivity (Wildman–Crippen MR) is 72.1 cm³/mol. The molecule has 1 saturated carbocycles. The number of para-hydroxylation sites is 1. The summed E-state index contributed by atoms with van der Waals surface area (Å²) in [5.41, 5.74) is 0.269. The summed E-state index contributed by atoms with van der Waals surface area (Å²) in [6.45, 7) is 0. The van der Waals surface area contributed by atoms with Crippen LogP contribution in [0, 0.1) is 0 Å². The Morgan fingerprint density at radius 1 is 1.26 bits per heavy atom. The van der Waals surface area contributed by atoms with Gasteiger partial charge in [0.05, 0.1) is 10.9 Å². The molecular formula is C14H15N3O2. The first-order valence-corrected chi connectivity index (χ1v) is 6.54. The third kappa shape index (κ3) is 2.36. The number of hydrogen-bond donors (Lipinski definition) is 2. The summed E-state index contributed by atoms with van der Waals surface area (Å²) in [5, 5.41) is 3.42. The van der Waals surface area contributed by atoms with Crippen molar-refractivity contribution in [2.75, 3.05) is 0 Å². The topological polar surface area (TPSA) is 74.8 Å². The number of hydrogen-bond acceptors (Lipinski definition) is 3. The van der Waals surface area contributed by atoms with Crippen molar-refractivity contribution in [1.29, 1.82) is 0 Å². The maximum atomic E-state index is 12.1. The van der Waals surface area contributed by atoms with E-state index in [-0.39, 0.29) is 23.3 Å². The normalized spacial score (nSPS) is 15.8. The standard InChI is InChI=1S/C14H15N3O2/c18-13-10-7-3-4-8-11(10)16-12(17-13)14(19)15-9-5-1-2-6-9/h3-4,7-9H,1-2,5-6H2,(H,15,19)(H,16,17,18). The summed E-state index contributed by atoms with van der Waals surface area (Å²) in [6.07, 6.45) is 4.30. The van der Waals surface area contributed by atoms with Crippen LogP contribution < -0.4 is 10.9 Å². The van der Waals surface area contributed by atoms with E-state index in [1.54, 1.807) is 24.3 Å². The summed E-state index contributed by atoms with van der Waals surface area (Å²) in [4.78, 5) is 30.7. The molecule has 1 aromatic heterocycles. The number of carbonyl (C=O) groups excluding carboxylic acids is 1. The molecule has 2 N–H and O–H groups in total. The van der Waals surface area contributed by atoms with Crippen molar-refractivity contribution >= 4 is 16.8 Å². The molecule has 0 radical (unpaired) electrons. The van der Waals surface area contributed by atoms with Gasteiger partial charge in [-0.05, 0) is 25.0 Å². The third-order valence-electron chi connectivity index (χ3n) is 3.52. The van der Waals surface area contributed by atoms with Gasteiger partial charge in [-0.1, -0.05) is 25.0 Å². The van der Waals surface area contributed by atoms with E-state index in [0.29, 0.717) is 10.9 Å². The molecular weight excluding hydrogens is 242 g/mol. The molecule has 0 saturated heterocycles. The number of nitrogens with zero attached hydrogens (tertiary/aromatic N) is 1. The van der Waals surface area contributed by atoms with Crippen LogP contribution in [0.5, 0.6) is 0 Å². The quantitative estimate of drug-likeness (QED) is 0.858. The molecule has 1 aliphatic carbocycles. The molecule has 2 aromatic rings. The molecule has 0 bridgehead atoms. The Morgan fingerprint density at radius 3 is 2.79 bits per heavy atom. The molecule has 98 valence electrons. The fraction of sp³-hybridized carbons (Fsp3) is 0.357. The number of amides is 1. The number of carbonyl (C=O) groups is 1. The molecule has 0 atom stereocenters. The summed E-state index contributed by atoms with van der Waals surface area (Å²) in [5.74, 6) is -0.203. The van der Waals surface area contributed by atoms with Crippen LogP contribution in [0.3, 0.4) is 0 Å². The highest BCUT2D eigenvalue weighted by Crippen LogP contribution is 2.17. The van der Waals surface area contributed by atoms with Crippen LogP contribution in [-0.2, 0) is 0 Å². The Kier molecular flexibility index (Phi) is 3.03. The number of rotatable bonds is 2. The fourth-order valence-corrected chi connectivity index (χ4v) is 2.52. The van der Waals surface area contributed by atoms with Crippen LogP contribution in [0.2, 0.25) is 0 Å². The minimum absolute atomic E-state index is 0.0931. The van der Waals surface area contributed by atoms with Crippen molar-refractivity contribution < 1.29 is 4.79 Å². The summed E-state index contributed by atoms with van der Waals surface area (Å²) >= 11 is 0. The van der Waals surface area contributed by atoms with Crippen LogP contribution in [0.25, 0.3) is 10.9 Å². The molecule has 1 amide bonds. The van der Waals surface area contributed by atoms with Crippen LogP contribution in [0.15, 0.2) is 29.1 Å². The molecule has 0 unspecified atom stereocenters. The van der Waals surface area contributed by atoms with E-state index in [1.165, 1.54) is 0 Å². The summed E-state index contributed by atoms with van der Waals surface area (Å²) in [7, 11) is 0. The summed E-state index contributed by atoms with van der Waals surface area (Å²) in [6, 6.07) is 7.21. The molecule has 5 heteroatoms. The van der Waals surface area contributed by atoms with Gasteiger partial charge >= 0.3 is 0 Å². The lowest BCUT2D eigenvalue weighted by Crippen LogP contribution is -2.34. The smallest absolute Gasteiger partial charge is 0.287 e. The van der Waals surface area contributed by atoms with Gasteiger partial charge < -0.3 is 10.3 Å². The number of benzene rings is 1. The van der Waals surface area contributed by atoms with E-state index >= 15 is 0 Å². The van der Waals surface area contributed by atoms with E-state index in [9.17, 15) is 9.59 Å². The molecule has 1 fully saturated rings. The van der Waals surface area contributed by atoms with E-state index in [0.717, 1.165) is 25.7 Å². The molecule has 5 nitrogen and oxygen atoms in total. The van der Waals surface area contributed by atoms with Crippen LogP contribution in [0.4, 0.5) is 0 Å². The minimum atomic E-state index is -0.297. The monoisotopic (exact) mass is 257 g/mol. The summed E-state index contributed by atoms with van der Waals surface area (Å²) < 4.78 is 0. The van der Waals surface area contributed by atoms with E-state index in [2.05, 4.69) is 15.3 Å². The fourth-order valence-electron chi connectivity index (χ4n) is 2.52. The Bertz CT molecular complexity index is 672. The molecule has 1 aliphatic rings. The zero-order valence-corrected chi connectivity index (χ0v) is 10.5. The first-order chi connectivity index (χ1) is 9.24. The molecule has 1 heterocycles. The zero-order chi connectivity index (χ0) is 13.2. The lowest BCUT2D eigenvalue weighted by atomic mass is 10.2. The van der Waals surface area contributed by atoms with Crippen molar-refractivity contribution in [1.82, 2.24) is 15.3 Å². The van der Waals surface area contributed by atoms with Crippen molar-refractivity contribution in [2.45, 2.75) is 31.7 Å². The highest BCUT2D eigenvalue weighted by molar-refractivity contribution is 5.92. The van der Waals surface area contributed by atoms with Gasteiger partial charge in [0.2, 0.25) is 0 Å². The maximum absolute atomic E-state index is 12.1. The lowest BCUT2D eigenvalue weighted by Gasteiger charge is -2.11. The lowest BCUT2D eigenvalue weighted by molar-refractivity contribution is 0.0927. The van der Waals surface area contributed by atoms with Gasteiger partial charge in [0.1, 0.15) is 0 Å². The number of nitrogens with one attached hydrogen (secondary N) is 2. The number of fused-ring (bicyclic) bond motifs is 1. The van der Waals surface area contributed by atoms with Crippen LogP contribution in [-0.4, -0.2) is 21.9 Å². The van der Waals surface area contributed by atoms with Gasteiger partial charge in [0, 0.05) is 6.04 Å². The Balaban J connectivity index is 1.91. The number of aromatic amines is 1. The second-order valence-electron chi connectivity index (χ2n) is 4.89. The highest BCUT2D eigenvalue weighted by Gasteiger charge is 2.19. The largest absolute Gasteiger partial charge is 0.347 e. The molecule has 0 spiro atoms. The average Bonchev–Trinajstić information content (AvgIpc) is 2.91. The van der Waals surface area contributed by atoms with Crippen LogP contribution >= 0.6 is 0 Å². The molecule has 0 aliphatic heterocycles. The Morgan fingerprint density at radius 2 is 2.00 bits per heavy atom. The van der Waals surface area contributed by atoms with E-state index in [1.807, 2.05) is 0 Å². The Hall–Kier alpha value is -2.17. The molecule has 1 aromatic carbocycles. The van der Waals surface area contributed by atoms with Gasteiger partial charge in [0.15, 0.2) is 5.82 Å². The second kappa shape index (κ2) is 4.84. The molecule has 3 rings (SSSR count). The first kappa shape index (κ1) is 11.9. The van der Waals surface area contributed by atoms with Crippen molar-refractivity contribution in [2.24, 2.45) is 0 Å². The number of aromatic nitrogens is 2. The van der Waals surface area contributed by atoms with Gasteiger partial charge in [-0.3, -0.25) is 9.59 Å². The Labute approximate surface area is 110 Å². The maximum Gasteiger partial charge on any atom is 0.287 e. The minimum Gasteiger partial charge on any atom is -0.347 e. The van der Waals surface area contributed by atoms with E-state index < -0.39 is 0 Å². The van der Waals surface area contributed by atoms with Crippen molar-refractivity contribution in [3.8, 4) is 0 Å². The SMILES string of the molecule is O=C(NC1CCCC1)c1nc2ccccc2c(=O)[nH]1.